The predicted octanol–water partition coefficient (Wildman–Crippen LogP) is 0.500. The molecule has 0 amide bonds. The van der Waals surface area contributed by atoms with Crippen LogP contribution in [0.2, 0.25) is 0 Å². The van der Waals surface area contributed by atoms with Gasteiger partial charge in [0, 0.05) is 13.5 Å². The summed E-state index contributed by atoms with van der Waals surface area (Å²) in [6.45, 7) is 0.622. The normalized spacial score (nSPS) is 10.9. The number of aromatic nitrogens is 3. The van der Waals surface area contributed by atoms with Gasteiger partial charge in [0.05, 0.1) is 6.61 Å². The first-order valence-electron chi connectivity index (χ1n) is 4.40. The van der Waals surface area contributed by atoms with Crippen molar-refractivity contribution < 1.29 is 4.74 Å². The standard InChI is InChI=1S/C9H12N4O/c1-14-6-5-8-11-9-4-2-3-7(10)13(9)12-8/h2-4H,5-6,10H2,1H3. The lowest BCUT2D eigenvalue weighted by Crippen LogP contribution is -1.99. The fourth-order valence-electron chi connectivity index (χ4n) is 1.27. The van der Waals surface area contributed by atoms with Crippen molar-refractivity contribution in [3.63, 3.8) is 0 Å². The van der Waals surface area contributed by atoms with Crippen LogP contribution in [0, 0.1) is 0 Å². The molecule has 0 aliphatic carbocycles. The number of fused-ring (bicyclic) bond motifs is 1. The second kappa shape index (κ2) is 3.63. The van der Waals surface area contributed by atoms with Gasteiger partial charge in [-0.15, -0.1) is 5.10 Å². The van der Waals surface area contributed by atoms with Crippen molar-refractivity contribution in [2.45, 2.75) is 6.42 Å². The highest BCUT2D eigenvalue weighted by molar-refractivity contribution is 5.45. The summed E-state index contributed by atoms with van der Waals surface area (Å²) in [5, 5.41) is 4.25. The lowest BCUT2D eigenvalue weighted by atomic mass is 10.4. The monoisotopic (exact) mass is 192 g/mol. The first-order chi connectivity index (χ1) is 6.81. The van der Waals surface area contributed by atoms with Crippen molar-refractivity contribution in [3.8, 4) is 0 Å². The molecule has 2 heterocycles. The SMILES string of the molecule is COCCc1nc2cccc(N)n2n1. The van der Waals surface area contributed by atoms with Crippen LogP contribution in [-0.4, -0.2) is 28.3 Å². The van der Waals surface area contributed by atoms with E-state index in [2.05, 4.69) is 10.1 Å². The first-order valence-corrected chi connectivity index (χ1v) is 4.40. The quantitative estimate of drug-likeness (QED) is 0.769. The van der Waals surface area contributed by atoms with E-state index in [0.717, 1.165) is 11.5 Å². The van der Waals surface area contributed by atoms with Gasteiger partial charge in [0.2, 0.25) is 0 Å². The molecule has 0 aromatic carbocycles. The van der Waals surface area contributed by atoms with Gasteiger partial charge in [-0.1, -0.05) is 6.07 Å². The van der Waals surface area contributed by atoms with Crippen LogP contribution in [0.3, 0.4) is 0 Å². The van der Waals surface area contributed by atoms with Crippen LogP contribution >= 0.6 is 0 Å². The summed E-state index contributed by atoms with van der Waals surface area (Å²) in [4.78, 5) is 4.30. The fraction of sp³-hybridized carbons (Fsp3) is 0.333. The van der Waals surface area contributed by atoms with Crippen LogP contribution in [0.25, 0.3) is 5.65 Å². The van der Waals surface area contributed by atoms with Gasteiger partial charge in [-0.05, 0) is 12.1 Å². The number of methoxy groups -OCH3 is 1. The van der Waals surface area contributed by atoms with E-state index >= 15 is 0 Å². The number of hydrogen-bond donors (Lipinski definition) is 1. The molecule has 5 heteroatoms. The van der Waals surface area contributed by atoms with Crippen LogP contribution in [0.1, 0.15) is 5.82 Å². The van der Waals surface area contributed by atoms with Crippen LogP contribution in [0.15, 0.2) is 18.2 Å². The van der Waals surface area contributed by atoms with E-state index in [9.17, 15) is 0 Å². The Morgan fingerprint density at radius 2 is 2.36 bits per heavy atom. The molecule has 0 unspecified atom stereocenters. The first kappa shape index (κ1) is 8.96. The molecule has 0 bridgehead atoms. The Labute approximate surface area is 81.5 Å². The molecule has 0 atom stereocenters. The van der Waals surface area contributed by atoms with E-state index < -0.39 is 0 Å². The third-order valence-corrected chi connectivity index (χ3v) is 1.96. The molecule has 0 aliphatic heterocycles. The topological polar surface area (TPSA) is 65.4 Å². The van der Waals surface area contributed by atoms with Crippen molar-refractivity contribution in [2.75, 3.05) is 19.5 Å². The van der Waals surface area contributed by atoms with Crippen LogP contribution in [0.5, 0.6) is 0 Å². The van der Waals surface area contributed by atoms with Gasteiger partial charge in [0.15, 0.2) is 11.5 Å². The van der Waals surface area contributed by atoms with Crippen molar-refractivity contribution in [3.05, 3.63) is 24.0 Å². The Morgan fingerprint density at radius 3 is 3.07 bits per heavy atom. The highest BCUT2D eigenvalue weighted by Crippen LogP contribution is 2.07. The third-order valence-electron chi connectivity index (χ3n) is 1.96. The van der Waals surface area contributed by atoms with Crippen molar-refractivity contribution >= 4 is 11.5 Å². The lowest BCUT2D eigenvalue weighted by molar-refractivity contribution is 0.200. The molecule has 0 aliphatic rings. The summed E-state index contributed by atoms with van der Waals surface area (Å²) in [5.74, 6) is 1.35. The van der Waals surface area contributed by atoms with Gasteiger partial charge in [-0.25, -0.2) is 4.98 Å². The number of nitrogens with zero attached hydrogens (tertiary/aromatic N) is 3. The summed E-state index contributed by atoms with van der Waals surface area (Å²) in [6.07, 6.45) is 0.706. The minimum atomic E-state index is 0.596. The molecule has 0 saturated carbocycles. The average molecular weight is 192 g/mol. The minimum Gasteiger partial charge on any atom is -0.384 e. The molecule has 0 fully saturated rings. The molecule has 2 N–H and O–H groups in total. The van der Waals surface area contributed by atoms with Crippen molar-refractivity contribution in [2.24, 2.45) is 0 Å². The van der Waals surface area contributed by atoms with Crippen molar-refractivity contribution in [1.29, 1.82) is 0 Å². The number of nitrogen functional groups attached to an aromatic ring is 1. The molecule has 2 aromatic rings. The second-order valence-corrected chi connectivity index (χ2v) is 2.99. The number of nitrogens with two attached hydrogens (primary N) is 1. The Bertz CT molecular complexity index is 437. The van der Waals surface area contributed by atoms with Gasteiger partial charge < -0.3 is 10.5 Å². The van der Waals surface area contributed by atoms with E-state index in [1.807, 2.05) is 12.1 Å². The minimum absolute atomic E-state index is 0.596. The van der Waals surface area contributed by atoms with Gasteiger partial charge in [-0.2, -0.15) is 4.52 Å². The van der Waals surface area contributed by atoms with Crippen molar-refractivity contribution in [1.82, 2.24) is 14.6 Å². The van der Waals surface area contributed by atoms with E-state index in [4.69, 9.17) is 10.5 Å². The molecule has 0 saturated heterocycles. The largest absolute Gasteiger partial charge is 0.384 e. The average Bonchev–Trinajstić information content (AvgIpc) is 2.59. The van der Waals surface area contributed by atoms with Gasteiger partial charge in [0.25, 0.3) is 0 Å². The fourth-order valence-corrected chi connectivity index (χ4v) is 1.27. The van der Waals surface area contributed by atoms with Gasteiger partial charge >= 0.3 is 0 Å². The molecular formula is C9H12N4O. The van der Waals surface area contributed by atoms with Crippen LogP contribution in [0.4, 0.5) is 5.82 Å². The number of ether oxygens (including phenoxy) is 1. The highest BCUT2D eigenvalue weighted by atomic mass is 16.5. The maximum Gasteiger partial charge on any atom is 0.157 e. The molecular weight excluding hydrogens is 180 g/mol. The lowest BCUT2D eigenvalue weighted by Gasteiger charge is -1.94. The zero-order valence-corrected chi connectivity index (χ0v) is 7.97. The predicted molar refractivity (Wildman–Crippen MR) is 53.0 cm³/mol. The summed E-state index contributed by atoms with van der Waals surface area (Å²) in [5.41, 5.74) is 6.50. The number of pyridine rings is 1. The molecule has 0 spiro atoms. The molecule has 2 rings (SSSR count). The zero-order chi connectivity index (χ0) is 9.97. The molecule has 5 nitrogen and oxygen atoms in total. The third kappa shape index (κ3) is 1.54. The summed E-state index contributed by atoms with van der Waals surface area (Å²) in [7, 11) is 1.66. The Morgan fingerprint density at radius 1 is 1.50 bits per heavy atom. The number of anilines is 1. The van der Waals surface area contributed by atoms with Crippen LogP contribution < -0.4 is 5.73 Å². The maximum absolute atomic E-state index is 5.73. The van der Waals surface area contributed by atoms with E-state index in [1.54, 1.807) is 17.7 Å². The van der Waals surface area contributed by atoms with E-state index in [0.29, 0.717) is 18.8 Å². The summed E-state index contributed by atoms with van der Waals surface area (Å²) >= 11 is 0. The number of rotatable bonds is 3. The summed E-state index contributed by atoms with van der Waals surface area (Å²) in [6, 6.07) is 5.53. The van der Waals surface area contributed by atoms with E-state index in [-0.39, 0.29) is 0 Å². The van der Waals surface area contributed by atoms with E-state index in [1.165, 1.54) is 0 Å². The Kier molecular flexibility index (Phi) is 2.32. The second-order valence-electron chi connectivity index (χ2n) is 2.99. The molecule has 2 aromatic heterocycles. The smallest absolute Gasteiger partial charge is 0.157 e. The summed E-state index contributed by atoms with van der Waals surface area (Å²) < 4.78 is 6.58. The Hall–Kier alpha value is -1.62. The number of hydrogen-bond acceptors (Lipinski definition) is 4. The molecule has 74 valence electrons. The molecule has 0 radical (unpaired) electrons. The van der Waals surface area contributed by atoms with Crippen LogP contribution in [-0.2, 0) is 11.2 Å². The highest BCUT2D eigenvalue weighted by Gasteiger charge is 2.04. The maximum atomic E-state index is 5.73. The Balaban J connectivity index is 2.36. The van der Waals surface area contributed by atoms with Gasteiger partial charge in [-0.3, -0.25) is 0 Å². The zero-order valence-electron chi connectivity index (χ0n) is 7.97. The van der Waals surface area contributed by atoms with Gasteiger partial charge in [0.1, 0.15) is 5.82 Å². The molecule has 14 heavy (non-hydrogen) atoms.